The lowest BCUT2D eigenvalue weighted by atomic mass is 9.91. The van der Waals surface area contributed by atoms with E-state index in [4.69, 9.17) is 5.84 Å². The van der Waals surface area contributed by atoms with Gasteiger partial charge in [0.05, 0.1) is 10.7 Å². The number of aryl methyl sites for hydroxylation is 2. The van der Waals surface area contributed by atoms with Crippen molar-refractivity contribution in [2.24, 2.45) is 5.84 Å². The molecule has 0 amide bonds. The van der Waals surface area contributed by atoms with Gasteiger partial charge in [-0.05, 0) is 30.9 Å². The molecular formula is C15H19N3S. The van der Waals surface area contributed by atoms with Crippen LogP contribution < -0.4 is 11.3 Å². The summed E-state index contributed by atoms with van der Waals surface area (Å²) in [5.41, 5.74) is 7.09. The van der Waals surface area contributed by atoms with Gasteiger partial charge < -0.3 is 0 Å². The summed E-state index contributed by atoms with van der Waals surface area (Å²) < 4.78 is 0. The predicted octanol–water partition coefficient (Wildman–Crippen LogP) is 2.56. The van der Waals surface area contributed by atoms with E-state index in [0.717, 1.165) is 23.5 Å². The molecule has 4 heteroatoms. The molecule has 0 spiro atoms. The van der Waals surface area contributed by atoms with Crippen molar-refractivity contribution in [1.29, 1.82) is 0 Å². The van der Waals surface area contributed by atoms with Crippen molar-refractivity contribution >= 4 is 11.3 Å². The minimum Gasteiger partial charge on any atom is -0.271 e. The van der Waals surface area contributed by atoms with Crippen LogP contribution in [0.15, 0.2) is 29.6 Å². The summed E-state index contributed by atoms with van der Waals surface area (Å²) in [5.74, 6) is 6.29. The summed E-state index contributed by atoms with van der Waals surface area (Å²) in [6, 6.07) is 8.98. The molecule has 1 aromatic heterocycles. The van der Waals surface area contributed by atoms with E-state index in [1.165, 1.54) is 17.5 Å². The molecule has 0 fully saturated rings. The summed E-state index contributed by atoms with van der Waals surface area (Å²) in [5, 5.41) is 3.26. The quantitative estimate of drug-likeness (QED) is 0.665. The first-order valence-corrected chi connectivity index (χ1v) is 7.61. The van der Waals surface area contributed by atoms with Crippen molar-refractivity contribution in [3.63, 3.8) is 0 Å². The third-order valence-corrected chi connectivity index (χ3v) is 4.80. The van der Waals surface area contributed by atoms with Crippen molar-refractivity contribution in [3.8, 4) is 0 Å². The van der Waals surface area contributed by atoms with Gasteiger partial charge in [0.25, 0.3) is 0 Å². The first kappa shape index (κ1) is 12.8. The lowest BCUT2D eigenvalue weighted by molar-refractivity contribution is 0.431. The highest BCUT2D eigenvalue weighted by Gasteiger charge is 2.29. The molecule has 3 N–H and O–H groups in total. The monoisotopic (exact) mass is 273 g/mol. The zero-order chi connectivity index (χ0) is 13.2. The average Bonchev–Trinajstić information content (AvgIpc) is 3.02. The van der Waals surface area contributed by atoms with Gasteiger partial charge in [0.15, 0.2) is 0 Å². The number of nitrogens with zero attached hydrogens (tertiary/aromatic N) is 1. The smallest absolute Gasteiger partial charge is 0.0897 e. The van der Waals surface area contributed by atoms with Crippen LogP contribution in [-0.4, -0.2) is 11.0 Å². The lowest BCUT2D eigenvalue weighted by Crippen LogP contribution is -2.41. The van der Waals surface area contributed by atoms with Crippen LogP contribution in [0.5, 0.6) is 0 Å². The highest BCUT2D eigenvalue weighted by atomic mass is 32.1. The van der Waals surface area contributed by atoms with Crippen LogP contribution in [0.2, 0.25) is 0 Å². The molecule has 0 bridgehead atoms. The summed E-state index contributed by atoms with van der Waals surface area (Å²) in [4.78, 5) is 4.55. The van der Waals surface area contributed by atoms with Crippen LogP contribution in [0.1, 0.15) is 34.2 Å². The molecule has 1 aromatic carbocycles. The van der Waals surface area contributed by atoms with Gasteiger partial charge in [-0.1, -0.05) is 24.3 Å². The number of nitrogens with two attached hydrogens (primary N) is 1. The van der Waals surface area contributed by atoms with E-state index in [9.17, 15) is 0 Å². The standard InChI is InChI=1S/C15H19N3S/c1-10-17-12(9-19-10)8-15(18-16)14-7-6-11-4-2-3-5-13(11)14/h2-5,9,14-15,18H,6-8,16H2,1H3. The van der Waals surface area contributed by atoms with Crippen LogP contribution in [0.4, 0.5) is 0 Å². The summed E-state index contributed by atoms with van der Waals surface area (Å²) in [6.07, 6.45) is 3.24. The maximum Gasteiger partial charge on any atom is 0.0897 e. The number of rotatable bonds is 4. The van der Waals surface area contributed by atoms with Gasteiger partial charge in [-0.15, -0.1) is 11.3 Å². The van der Waals surface area contributed by atoms with E-state index in [1.54, 1.807) is 11.3 Å². The van der Waals surface area contributed by atoms with Gasteiger partial charge in [-0.25, -0.2) is 4.98 Å². The molecule has 1 heterocycles. The van der Waals surface area contributed by atoms with Gasteiger partial charge in [0, 0.05) is 23.8 Å². The van der Waals surface area contributed by atoms with E-state index >= 15 is 0 Å². The third kappa shape index (κ3) is 2.56. The van der Waals surface area contributed by atoms with Gasteiger partial charge in [0.1, 0.15) is 0 Å². The number of fused-ring (bicyclic) bond motifs is 1. The number of benzene rings is 1. The topological polar surface area (TPSA) is 50.9 Å². The van der Waals surface area contributed by atoms with Crippen LogP contribution >= 0.6 is 11.3 Å². The second-order valence-corrected chi connectivity index (χ2v) is 6.24. The van der Waals surface area contributed by atoms with Crippen LogP contribution in [-0.2, 0) is 12.8 Å². The Balaban J connectivity index is 1.80. The fraction of sp³-hybridized carbons (Fsp3) is 0.400. The maximum atomic E-state index is 5.79. The van der Waals surface area contributed by atoms with Gasteiger partial charge in [0.2, 0.25) is 0 Å². The van der Waals surface area contributed by atoms with E-state index in [-0.39, 0.29) is 6.04 Å². The maximum absolute atomic E-state index is 5.79. The molecule has 0 radical (unpaired) electrons. The van der Waals surface area contributed by atoms with Gasteiger partial charge >= 0.3 is 0 Å². The van der Waals surface area contributed by atoms with E-state index in [0.29, 0.717) is 5.92 Å². The van der Waals surface area contributed by atoms with Gasteiger partial charge in [-0.3, -0.25) is 11.3 Å². The average molecular weight is 273 g/mol. The number of thiazole rings is 1. The van der Waals surface area contributed by atoms with E-state index < -0.39 is 0 Å². The van der Waals surface area contributed by atoms with Crippen molar-refractivity contribution in [2.45, 2.75) is 38.1 Å². The summed E-state index contributed by atoms with van der Waals surface area (Å²) in [6.45, 7) is 2.05. The zero-order valence-electron chi connectivity index (χ0n) is 11.1. The Morgan fingerprint density at radius 2 is 2.32 bits per heavy atom. The summed E-state index contributed by atoms with van der Waals surface area (Å²) in [7, 11) is 0. The lowest BCUT2D eigenvalue weighted by Gasteiger charge is -2.23. The van der Waals surface area contributed by atoms with E-state index in [2.05, 4.69) is 40.1 Å². The molecule has 0 aliphatic heterocycles. The van der Waals surface area contributed by atoms with Crippen molar-refractivity contribution in [2.75, 3.05) is 0 Å². The molecule has 19 heavy (non-hydrogen) atoms. The minimum absolute atomic E-state index is 0.269. The van der Waals surface area contributed by atoms with Gasteiger partial charge in [-0.2, -0.15) is 0 Å². The molecule has 2 unspecified atom stereocenters. The molecule has 3 rings (SSSR count). The van der Waals surface area contributed by atoms with Crippen molar-refractivity contribution in [1.82, 2.24) is 10.4 Å². The molecular weight excluding hydrogens is 254 g/mol. The number of nitrogens with one attached hydrogen (secondary N) is 1. The van der Waals surface area contributed by atoms with Crippen LogP contribution in [0.25, 0.3) is 0 Å². The molecule has 1 aliphatic carbocycles. The number of aromatic nitrogens is 1. The van der Waals surface area contributed by atoms with Crippen molar-refractivity contribution < 1.29 is 0 Å². The summed E-state index contributed by atoms with van der Waals surface area (Å²) >= 11 is 1.71. The minimum atomic E-state index is 0.269. The number of hydrogen-bond donors (Lipinski definition) is 2. The second-order valence-electron chi connectivity index (χ2n) is 5.18. The Kier molecular flexibility index (Phi) is 3.64. The Bertz CT molecular complexity index is 564. The largest absolute Gasteiger partial charge is 0.271 e. The number of hydrazine groups is 1. The third-order valence-electron chi connectivity index (χ3n) is 3.97. The Hall–Kier alpha value is -1.23. The first-order valence-electron chi connectivity index (χ1n) is 6.73. The molecule has 0 saturated carbocycles. The Labute approximate surface area is 117 Å². The molecule has 2 aromatic rings. The highest BCUT2D eigenvalue weighted by Crippen LogP contribution is 2.36. The molecule has 1 aliphatic rings. The van der Waals surface area contributed by atoms with E-state index in [1.807, 2.05) is 6.92 Å². The second kappa shape index (κ2) is 5.41. The highest BCUT2D eigenvalue weighted by molar-refractivity contribution is 7.09. The van der Waals surface area contributed by atoms with Crippen LogP contribution in [0.3, 0.4) is 0 Å². The zero-order valence-corrected chi connectivity index (χ0v) is 11.9. The normalized spacial score (nSPS) is 19.4. The number of hydrogen-bond acceptors (Lipinski definition) is 4. The molecule has 100 valence electrons. The molecule has 3 nitrogen and oxygen atoms in total. The Morgan fingerprint density at radius 1 is 1.47 bits per heavy atom. The fourth-order valence-electron chi connectivity index (χ4n) is 3.05. The fourth-order valence-corrected chi connectivity index (χ4v) is 3.68. The predicted molar refractivity (Wildman–Crippen MR) is 79.2 cm³/mol. The van der Waals surface area contributed by atoms with Crippen molar-refractivity contribution in [3.05, 3.63) is 51.5 Å². The Morgan fingerprint density at radius 3 is 3.05 bits per heavy atom. The first-order chi connectivity index (χ1) is 9.28. The molecule has 2 atom stereocenters. The SMILES string of the molecule is Cc1nc(CC(NN)C2CCc3ccccc32)cs1. The van der Waals surface area contributed by atoms with Crippen LogP contribution in [0, 0.1) is 6.92 Å². The molecule has 0 saturated heterocycles.